The van der Waals surface area contributed by atoms with Crippen LogP contribution in [0.2, 0.25) is 0 Å². The Balaban J connectivity index is 1.35. The first kappa shape index (κ1) is 27.3. The van der Waals surface area contributed by atoms with Crippen LogP contribution >= 0.6 is 0 Å². The molecule has 0 bridgehead atoms. The van der Waals surface area contributed by atoms with E-state index >= 15 is 0 Å². The molecule has 2 aliphatic heterocycles. The highest BCUT2D eigenvalue weighted by molar-refractivity contribution is 5.99. The maximum atomic E-state index is 14.2. The van der Waals surface area contributed by atoms with Gasteiger partial charge in [-0.25, -0.2) is 8.78 Å². The largest absolute Gasteiger partial charge is 0.483 e. The van der Waals surface area contributed by atoms with E-state index in [2.05, 4.69) is 5.32 Å². The Morgan fingerprint density at radius 1 is 1.02 bits per heavy atom. The van der Waals surface area contributed by atoms with Crippen LogP contribution in [0.15, 0.2) is 89.9 Å². The van der Waals surface area contributed by atoms with Crippen molar-refractivity contribution in [1.29, 1.82) is 0 Å². The molecule has 1 saturated heterocycles. The third-order valence-electron chi connectivity index (χ3n) is 7.57. The molecule has 3 heterocycles. The summed E-state index contributed by atoms with van der Waals surface area (Å²) in [5.74, 6) is -3.06. The SMILES string of the molecule is CC1C(c2ccccc2)OC2Cn3cc(C(=O)NCc4ccc(F)cc4F)c(=O)c(OCc4ccccc4)c3C(=O)N21. The van der Waals surface area contributed by atoms with Crippen LogP contribution in [-0.4, -0.2) is 33.6 Å². The van der Waals surface area contributed by atoms with Gasteiger partial charge in [0, 0.05) is 24.4 Å². The minimum atomic E-state index is -0.824. The summed E-state index contributed by atoms with van der Waals surface area (Å²) in [5.41, 5.74) is 0.705. The molecule has 0 aliphatic carbocycles. The predicted octanol–water partition coefficient (Wildman–Crippen LogP) is 4.58. The van der Waals surface area contributed by atoms with Gasteiger partial charge in [-0.05, 0) is 24.1 Å². The second-order valence-electron chi connectivity index (χ2n) is 10.3. The molecule has 214 valence electrons. The molecule has 0 radical (unpaired) electrons. The van der Waals surface area contributed by atoms with E-state index in [-0.39, 0.29) is 54.4 Å². The fraction of sp³-hybridized carbons (Fsp3) is 0.219. The molecular formula is C32H27F2N3O5. The van der Waals surface area contributed by atoms with Crippen molar-refractivity contribution in [2.75, 3.05) is 0 Å². The summed E-state index contributed by atoms with van der Waals surface area (Å²) in [7, 11) is 0. The van der Waals surface area contributed by atoms with Gasteiger partial charge in [-0.1, -0.05) is 66.7 Å². The van der Waals surface area contributed by atoms with Crippen molar-refractivity contribution in [1.82, 2.24) is 14.8 Å². The van der Waals surface area contributed by atoms with E-state index in [1.165, 1.54) is 16.8 Å². The highest BCUT2D eigenvalue weighted by Gasteiger charge is 2.48. The maximum absolute atomic E-state index is 14.2. The van der Waals surface area contributed by atoms with E-state index in [0.717, 1.165) is 17.2 Å². The van der Waals surface area contributed by atoms with E-state index in [1.807, 2.05) is 67.6 Å². The van der Waals surface area contributed by atoms with Crippen molar-refractivity contribution < 1.29 is 27.8 Å². The molecular weight excluding hydrogens is 544 g/mol. The fourth-order valence-electron chi connectivity index (χ4n) is 5.46. The normalized spacial score (nSPS) is 19.3. The number of rotatable bonds is 7. The zero-order valence-corrected chi connectivity index (χ0v) is 22.6. The second-order valence-corrected chi connectivity index (χ2v) is 10.3. The van der Waals surface area contributed by atoms with E-state index in [9.17, 15) is 23.2 Å². The Bertz CT molecular complexity index is 1710. The summed E-state index contributed by atoms with van der Waals surface area (Å²) in [6, 6.07) is 21.4. The number of amides is 2. The average Bonchev–Trinajstić information content (AvgIpc) is 3.33. The lowest BCUT2D eigenvalue weighted by Gasteiger charge is -2.34. The van der Waals surface area contributed by atoms with E-state index < -0.39 is 35.1 Å². The lowest BCUT2D eigenvalue weighted by atomic mass is 10.0. The van der Waals surface area contributed by atoms with Gasteiger partial charge in [0.05, 0.1) is 12.6 Å². The van der Waals surface area contributed by atoms with Crippen LogP contribution < -0.4 is 15.5 Å². The number of hydrogen-bond acceptors (Lipinski definition) is 5. The quantitative estimate of drug-likeness (QED) is 0.351. The number of carbonyl (C=O) groups excluding carboxylic acids is 2. The van der Waals surface area contributed by atoms with E-state index in [4.69, 9.17) is 9.47 Å². The molecule has 8 nitrogen and oxygen atoms in total. The lowest BCUT2D eigenvalue weighted by Crippen LogP contribution is -2.49. The van der Waals surface area contributed by atoms with Gasteiger partial charge in [0.25, 0.3) is 11.8 Å². The Kier molecular flexibility index (Phi) is 7.30. The van der Waals surface area contributed by atoms with Gasteiger partial charge in [-0.3, -0.25) is 14.4 Å². The first-order valence-corrected chi connectivity index (χ1v) is 13.5. The first-order valence-electron chi connectivity index (χ1n) is 13.5. The Hall–Kier alpha value is -4.83. The van der Waals surface area contributed by atoms with Crippen molar-refractivity contribution in [3.8, 4) is 5.75 Å². The van der Waals surface area contributed by atoms with E-state index in [0.29, 0.717) is 6.07 Å². The predicted molar refractivity (Wildman–Crippen MR) is 149 cm³/mol. The van der Waals surface area contributed by atoms with Crippen LogP contribution in [0.1, 0.15) is 50.6 Å². The monoisotopic (exact) mass is 571 g/mol. The van der Waals surface area contributed by atoms with Gasteiger partial charge in [0.15, 0.2) is 17.7 Å². The van der Waals surface area contributed by atoms with Crippen LogP contribution in [-0.2, 0) is 24.4 Å². The molecule has 10 heteroatoms. The number of aromatic nitrogens is 1. The second kappa shape index (κ2) is 11.2. The smallest absolute Gasteiger partial charge is 0.276 e. The molecule has 1 fully saturated rings. The van der Waals surface area contributed by atoms with Gasteiger partial charge < -0.3 is 24.3 Å². The molecule has 0 spiro atoms. The molecule has 2 aliphatic rings. The van der Waals surface area contributed by atoms with Gasteiger partial charge in [0.2, 0.25) is 5.43 Å². The minimum absolute atomic E-state index is 0.00958. The number of nitrogens with zero attached hydrogens (tertiary/aromatic N) is 2. The number of halogens is 2. The molecule has 6 rings (SSSR count). The zero-order valence-electron chi connectivity index (χ0n) is 22.6. The Morgan fingerprint density at radius 2 is 1.74 bits per heavy atom. The summed E-state index contributed by atoms with van der Waals surface area (Å²) in [5, 5.41) is 2.52. The molecule has 42 heavy (non-hydrogen) atoms. The summed E-state index contributed by atoms with van der Waals surface area (Å²) in [6.07, 6.45) is 0.283. The van der Waals surface area contributed by atoms with Crippen LogP contribution in [0.3, 0.4) is 0 Å². The average molecular weight is 572 g/mol. The number of pyridine rings is 1. The van der Waals surface area contributed by atoms with E-state index in [1.54, 1.807) is 4.90 Å². The summed E-state index contributed by atoms with van der Waals surface area (Å²) in [6.45, 7) is 1.76. The van der Waals surface area contributed by atoms with Crippen molar-refractivity contribution >= 4 is 11.8 Å². The van der Waals surface area contributed by atoms with Crippen molar-refractivity contribution in [2.45, 2.75) is 45.0 Å². The van der Waals surface area contributed by atoms with Crippen molar-refractivity contribution in [3.63, 3.8) is 0 Å². The Morgan fingerprint density at radius 3 is 2.45 bits per heavy atom. The number of carbonyl (C=O) groups is 2. The topological polar surface area (TPSA) is 89.9 Å². The number of ether oxygens (including phenoxy) is 2. The van der Waals surface area contributed by atoms with Crippen molar-refractivity contribution in [2.24, 2.45) is 0 Å². The van der Waals surface area contributed by atoms with Gasteiger partial charge in [-0.2, -0.15) is 0 Å². The van der Waals surface area contributed by atoms with Gasteiger partial charge in [0.1, 0.15) is 29.9 Å². The molecule has 1 N–H and O–H groups in total. The number of fused-ring (bicyclic) bond motifs is 2. The highest BCUT2D eigenvalue weighted by atomic mass is 19.1. The van der Waals surface area contributed by atoms with Crippen LogP contribution in [0.4, 0.5) is 8.78 Å². The first-order chi connectivity index (χ1) is 20.3. The molecule has 0 saturated carbocycles. The summed E-state index contributed by atoms with van der Waals surface area (Å²) < 4.78 is 41.3. The fourth-order valence-corrected chi connectivity index (χ4v) is 5.46. The number of hydrogen-bond donors (Lipinski definition) is 1. The molecule has 3 unspecified atom stereocenters. The Labute approximate surface area is 240 Å². The van der Waals surface area contributed by atoms with Crippen molar-refractivity contribution in [3.05, 3.63) is 135 Å². The minimum Gasteiger partial charge on any atom is -0.483 e. The van der Waals surface area contributed by atoms with Gasteiger partial charge >= 0.3 is 0 Å². The lowest BCUT2D eigenvalue weighted by molar-refractivity contribution is -0.0155. The molecule has 4 aromatic rings. The standard InChI is InChI=1S/C32H27F2N3O5/c1-19-29(21-10-6-3-7-11-21)42-26-17-36-16-24(31(39)35-15-22-12-13-23(33)14-25(22)34)28(38)30(27(36)32(40)37(19)26)41-18-20-8-4-2-5-9-20/h2-14,16,19,26,29H,15,17-18H2,1H3,(H,35,39). The highest BCUT2D eigenvalue weighted by Crippen LogP contribution is 2.39. The molecule has 3 atom stereocenters. The molecule has 2 amide bonds. The van der Waals surface area contributed by atoms with Crippen LogP contribution in [0, 0.1) is 11.6 Å². The van der Waals surface area contributed by atoms with Crippen LogP contribution in [0.5, 0.6) is 5.75 Å². The third kappa shape index (κ3) is 5.05. The third-order valence-corrected chi connectivity index (χ3v) is 7.57. The number of benzene rings is 3. The maximum Gasteiger partial charge on any atom is 0.276 e. The van der Waals surface area contributed by atoms with Crippen LogP contribution in [0.25, 0.3) is 0 Å². The molecule has 3 aromatic carbocycles. The molecule has 1 aromatic heterocycles. The summed E-state index contributed by atoms with van der Waals surface area (Å²) >= 11 is 0. The van der Waals surface area contributed by atoms with Gasteiger partial charge in [-0.15, -0.1) is 0 Å². The zero-order chi connectivity index (χ0) is 29.4. The number of nitrogens with one attached hydrogen (secondary N) is 1. The summed E-state index contributed by atoms with van der Waals surface area (Å²) in [4.78, 5) is 42.5.